The van der Waals surface area contributed by atoms with Gasteiger partial charge in [0.15, 0.2) is 0 Å². The smallest absolute Gasteiger partial charge is 0.334 e. The lowest BCUT2D eigenvalue weighted by Crippen LogP contribution is -2.10. The van der Waals surface area contributed by atoms with Crippen LogP contribution in [-0.2, 0) is 9.53 Å². The second-order valence-corrected chi connectivity index (χ2v) is 4.15. The maximum Gasteiger partial charge on any atom is 0.334 e. The lowest BCUT2D eigenvalue weighted by molar-refractivity contribution is -0.135. The van der Waals surface area contributed by atoms with Crippen molar-refractivity contribution in [3.05, 3.63) is 72.5 Å². The van der Waals surface area contributed by atoms with E-state index >= 15 is 0 Å². The van der Waals surface area contributed by atoms with E-state index < -0.39 is 5.97 Å². The topological polar surface area (TPSA) is 44.8 Å². The van der Waals surface area contributed by atoms with E-state index in [2.05, 4.69) is 4.74 Å². The molecule has 0 aromatic heterocycles. The highest BCUT2D eigenvalue weighted by molar-refractivity contribution is 5.82. The van der Waals surface area contributed by atoms with Crippen molar-refractivity contribution < 1.29 is 19.0 Å². The molecule has 2 aromatic rings. The first-order valence-corrected chi connectivity index (χ1v) is 6.47. The van der Waals surface area contributed by atoms with Crippen molar-refractivity contribution in [3.8, 4) is 11.5 Å². The number of hydrogen-bond acceptors (Lipinski definition) is 4. The molecule has 0 N–H and O–H groups in total. The van der Waals surface area contributed by atoms with Crippen LogP contribution in [0, 0.1) is 0 Å². The van der Waals surface area contributed by atoms with Crippen LogP contribution in [0.2, 0.25) is 0 Å². The number of carbonyl (C=O) groups is 1. The summed E-state index contributed by atoms with van der Waals surface area (Å²) in [6.45, 7) is 0.133. The molecule has 0 radical (unpaired) electrons. The maximum atomic E-state index is 11.4. The van der Waals surface area contributed by atoms with E-state index in [0.717, 1.165) is 0 Å². The van der Waals surface area contributed by atoms with Gasteiger partial charge in [0.2, 0.25) is 0 Å². The Morgan fingerprint density at radius 2 is 1.52 bits per heavy atom. The van der Waals surface area contributed by atoms with E-state index in [-0.39, 0.29) is 6.61 Å². The number of benzene rings is 2. The Morgan fingerprint density at radius 3 is 2.10 bits per heavy atom. The van der Waals surface area contributed by atoms with E-state index in [9.17, 15) is 4.79 Å². The van der Waals surface area contributed by atoms with E-state index in [1.54, 1.807) is 12.1 Å². The molecule has 0 aliphatic heterocycles. The van der Waals surface area contributed by atoms with Gasteiger partial charge in [0.05, 0.1) is 13.2 Å². The van der Waals surface area contributed by atoms with Gasteiger partial charge >= 0.3 is 5.97 Å². The van der Waals surface area contributed by atoms with E-state index in [1.165, 1.54) is 13.2 Å². The molecule has 0 aliphatic carbocycles. The van der Waals surface area contributed by atoms with Gasteiger partial charge in [-0.05, 0) is 24.3 Å². The summed E-state index contributed by atoms with van der Waals surface area (Å²) in [4.78, 5) is 11.4. The SMILES string of the molecule is COC(=O)/C=C(/COc1ccccc1)Oc1ccccc1. The number of rotatable bonds is 6. The Morgan fingerprint density at radius 1 is 0.952 bits per heavy atom. The van der Waals surface area contributed by atoms with Crippen LogP contribution in [0.25, 0.3) is 0 Å². The Hall–Kier alpha value is -2.75. The fourth-order valence-electron chi connectivity index (χ4n) is 1.60. The molecule has 0 amide bonds. The van der Waals surface area contributed by atoms with Gasteiger partial charge in [0, 0.05) is 0 Å². The molecule has 0 saturated heterocycles. The number of carbonyl (C=O) groups excluding carboxylic acids is 1. The molecule has 0 heterocycles. The number of hydrogen-bond donors (Lipinski definition) is 0. The second-order valence-electron chi connectivity index (χ2n) is 4.15. The third-order valence-electron chi connectivity index (χ3n) is 2.60. The largest absolute Gasteiger partial charge is 0.486 e. The van der Waals surface area contributed by atoms with Gasteiger partial charge in [-0.25, -0.2) is 4.79 Å². The first-order valence-electron chi connectivity index (χ1n) is 6.47. The van der Waals surface area contributed by atoms with Crippen molar-refractivity contribution >= 4 is 5.97 Å². The minimum absolute atomic E-state index is 0.133. The predicted octanol–water partition coefficient (Wildman–Crippen LogP) is 3.20. The lowest BCUT2D eigenvalue weighted by Gasteiger charge is -2.11. The molecule has 0 atom stereocenters. The fourth-order valence-corrected chi connectivity index (χ4v) is 1.60. The molecule has 0 unspecified atom stereocenters. The third-order valence-corrected chi connectivity index (χ3v) is 2.60. The fraction of sp³-hybridized carbons (Fsp3) is 0.118. The Balaban J connectivity index is 2.05. The van der Waals surface area contributed by atoms with Crippen molar-refractivity contribution in [2.24, 2.45) is 0 Å². The third kappa shape index (κ3) is 5.03. The standard InChI is InChI=1S/C17H16O4/c1-19-17(18)12-16(21-15-10-6-3-7-11-15)13-20-14-8-4-2-5-9-14/h2-12H,13H2,1H3/b16-12-. The van der Waals surface area contributed by atoms with Crippen molar-refractivity contribution in [1.29, 1.82) is 0 Å². The van der Waals surface area contributed by atoms with Gasteiger partial charge in [-0.15, -0.1) is 0 Å². The van der Waals surface area contributed by atoms with Crippen LogP contribution in [0.3, 0.4) is 0 Å². The molecule has 108 valence electrons. The van der Waals surface area contributed by atoms with E-state index in [1.807, 2.05) is 48.5 Å². The van der Waals surface area contributed by atoms with Crippen molar-refractivity contribution in [1.82, 2.24) is 0 Å². The minimum Gasteiger partial charge on any atom is -0.486 e. The molecule has 2 rings (SSSR count). The van der Waals surface area contributed by atoms with Gasteiger partial charge in [-0.1, -0.05) is 36.4 Å². The highest BCUT2D eigenvalue weighted by Gasteiger charge is 2.06. The summed E-state index contributed by atoms with van der Waals surface area (Å²) in [5.74, 6) is 1.21. The highest BCUT2D eigenvalue weighted by Crippen LogP contribution is 2.15. The molecular weight excluding hydrogens is 268 g/mol. The summed E-state index contributed by atoms with van der Waals surface area (Å²) in [6, 6.07) is 18.5. The average molecular weight is 284 g/mol. The molecule has 0 bridgehead atoms. The van der Waals surface area contributed by atoms with Gasteiger partial charge in [0.1, 0.15) is 23.9 Å². The summed E-state index contributed by atoms with van der Waals surface area (Å²) in [5, 5.41) is 0. The van der Waals surface area contributed by atoms with Gasteiger partial charge in [-0.3, -0.25) is 0 Å². The second kappa shape index (κ2) is 7.75. The zero-order valence-corrected chi connectivity index (χ0v) is 11.7. The molecule has 4 heteroatoms. The molecule has 21 heavy (non-hydrogen) atoms. The molecule has 0 saturated carbocycles. The normalized spacial score (nSPS) is 10.8. The van der Waals surface area contributed by atoms with Crippen LogP contribution in [0.1, 0.15) is 0 Å². The zero-order chi connectivity index (χ0) is 14.9. The summed E-state index contributed by atoms with van der Waals surface area (Å²) in [7, 11) is 1.32. The van der Waals surface area contributed by atoms with Crippen molar-refractivity contribution in [2.75, 3.05) is 13.7 Å². The van der Waals surface area contributed by atoms with Crippen LogP contribution in [0.15, 0.2) is 72.5 Å². The van der Waals surface area contributed by atoms with Gasteiger partial charge < -0.3 is 14.2 Å². The summed E-state index contributed by atoms with van der Waals surface area (Å²) < 4.78 is 15.8. The molecule has 4 nitrogen and oxygen atoms in total. The number of ether oxygens (including phenoxy) is 3. The van der Waals surface area contributed by atoms with Crippen LogP contribution in [-0.4, -0.2) is 19.7 Å². The van der Waals surface area contributed by atoms with Gasteiger partial charge in [0.25, 0.3) is 0 Å². The Bertz CT molecular complexity index is 591. The molecular formula is C17H16O4. The van der Waals surface area contributed by atoms with Crippen molar-refractivity contribution in [3.63, 3.8) is 0 Å². The van der Waals surface area contributed by atoms with Crippen LogP contribution in [0.4, 0.5) is 0 Å². The first kappa shape index (κ1) is 14.7. The average Bonchev–Trinajstić information content (AvgIpc) is 2.54. The quantitative estimate of drug-likeness (QED) is 0.464. The van der Waals surface area contributed by atoms with E-state index in [4.69, 9.17) is 9.47 Å². The van der Waals surface area contributed by atoms with Crippen LogP contribution < -0.4 is 9.47 Å². The predicted molar refractivity (Wildman–Crippen MR) is 79.1 cm³/mol. The zero-order valence-electron chi connectivity index (χ0n) is 11.7. The Labute approximate surface area is 123 Å². The molecule has 0 spiro atoms. The summed E-state index contributed by atoms with van der Waals surface area (Å²) in [6.07, 6.45) is 1.27. The van der Waals surface area contributed by atoms with E-state index in [0.29, 0.717) is 17.3 Å². The number of methoxy groups -OCH3 is 1. The maximum absolute atomic E-state index is 11.4. The molecule has 0 aliphatic rings. The summed E-state index contributed by atoms with van der Waals surface area (Å²) in [5.41, 5.74) is 0. The summed E-state index contributed by atoms with van der Waals surface area (Å²) >= 11 is 0. The minimum atomic E-state index is -0.488. The van der Waals surface area contributed by atoms with Crippen LogP contribution in [0.5, 0.6) is 11.5 Å². The number of esters is 1. The monoisotopic (exact) mass is 284 g/mol. The number of para-hydroxylation sites is 2. The molecule has 0 fully saturated rings. The molecule has 2 aromatic carbocycles. The van der Waals surface area contributed by atoms with Gasteiger partial charge in [-0.2, -0.15) is 0 Å². The highest BCUT2D eigenvalue weighted by atomic mass is 16.5. The lowest BCUT2D eigenvalue weighted by atomic mass is 10.3. The van der Waals surface area contributed by atoms with Crippen molar-refractivity contribution in [2.45, 2.75) is 0 Å². The first-order chi connectivity index (χ1) is 10.3. The Kier molecular flexibility index (Phi) is 5.41. The van der Waals surface area contributed by atoms with Crippen LogP contribution >= 0.6 is 0 Å².